The van der Waals surface area contributed by atoms with Gasteiger partial charge < -0.3 is 14.8 Å². The van der Waals surface area contributed by atoms with Gasteiger partial charge in [0.05, 0.1) is 31.2 Å². The van der Waals surface area contributed by atoms with Gasteiger partial charge in [-0.1, -0.05) is 5.21 Å². The van der Waals surface area contributed by atoms with Gasteiger partial charge in [-0.15, -0.1) is 5.10 Å². The number of rotatable bonds is 5. The first-order chi connectivity index (χ1) is 9.20. The molecule has 1 aliphatic rings. The van der Waals surface area contributed by atoms with E-state index in [4.69, 9.17) is 9.47 Å². The molecule has 1 unspecified atom stereocenters. The fourth-order valence-corrected chi connectivity index (χ4v) is 2.03. The number of methoxy groups -OCH3 is 1. The van der Waals surface area contributed by atoms with Crippen molar-refractivity contribution in [2.24, 2.45) is 5.92 Å². The lowest BCUT2D eigenvalue weighted by Gasteiger charge is -2.14. The number of carbonyl (C=O) groups is 1. The summed E-state index contributed by atoms with van der Waals surface area (Å²) < 4.78 is 12.3. The standard InChI is InChI=1S/C12H20N4O3/c1-9-11-8-19-7-10(6-16(11)15-14-9)5-13-12(17)3-4-18-2/h10H,3-8H2,1-2H3,(H,13,17). The highest BCUT2D eigenvalue weighted by molar-refractivity contribution is 5.75. The summed E-state index contributed by atoms with van der Waals surface area (Å²) in [5, 5.41) is 11.0. The highest BCUT2D eigenvalue weighted by Gasteiger charge is 2.20. The molecule has 0 aromatic carbocycles. The average molecular weight is 268 g/mol. The van der Waals surface area contributed by atoms with Crippen LogP contribution in [0.2, 0.25) is 0 Å². The van der Waals surface area contributed by atoms with Gasteiger partial charge in [0.2, 0.25) is 5.91 Å². The zero-order valence-corrected chi connectivity index (χ0v) is 11.4. The summed E-state index contributed by atoms with van der Waals surface area (Å²) in [5.74, 6) is 0.218. The van der Waals surface area contributed by atoms with Crippen LogP contribution in [0.3, 0.4) is 0 Å². The van der Waals surface area contributed by atoms with E-state index < -0.39 is 0 Å². The number of fused-ring (bicyclic) bond motifs is 1. The summed E-state index contributed by atoms with van der Waals surface area (Å²) in [7, 11) is 1.58. The van der Waals surface area contributed by atoms with Gasteiger partial charge in [0.1, 0.15) is 0 Å². The minimum absolute atomic E-state index is 0.00101. The number of ether oxygens (including phenoxy) is 2. The van der Waals surface area contributed by atoms with E-state index in [2.05, 4.69) is 15.6 Å². The van der Waals surface area contributed by atoms with Crippen molar-refractivity contribution in [1.29, 1.82) is 0 Å². The lowest BCUT2D eigenvalue weighted by Crippen LogP contribution is -2.33. The average Bonchev–Trinajstić information content (AvgIpc) is 2.64. The largest absolute Gasteiger partial charge is 0.384 e. The Kier molecular flexibility index (Phi) is 4.86. The van der Waals surface area contributed by atoms with Crippen LogP contribution in [-0.4, -0.2) is 47.8 Å². The molecule has 0 bridgehead atoms. The summed E-state index contributed by atoms with van der Waals surface area (Å²) in [5.41, 5.74) is 1.93. The normalized spacial score (nSPS) is 18.7. The molecule has 19 heavy (non-hydrogen) atoms. The van der Waals surface area contributed by atoms with Gasteiger partial charge in [-0.3, -0.25) is 4.79 Å². The minimum Gasteiger partial charge on any atom is -0.384 e. The molecule has 1 atom stereocenters. The van der Waals surface area contributed by atoms with E-state index >= 15 is 0 Å². The Morgan fingerprint density at radius 3 is 3.26 bits per heavy atom. The third kappa shape index (κ3) is 3.74. The van der Waals surface area contributed by atoms with E-state index in [1.54, 1.807) is 7.11 Å². The van der Waals surface area contributed by atoms with Crippen molar-refractivity contribution in [3.63, 3.8) is 0 Å². The fraction of sp³-hybridized carbons (Fsp3) is 0.750. The maximum absolute atomic E-state index is 11.5. The van der Waals surface area contributed by atoms with Crippen molar-refractivity contribution in [2.45, 2.75) is 26.5 Å². The Hall–Kier alpha value is -1.47. The molecule has 0 radical (unpaired) electrons. The molecule has 1 aliphatic heterocycles. The zero-order valence-electron chi connectivity index (χ0n) is 11.4. The number of aryl methyl sites for hydroxylation is 1. The van der Waals surface area contributed by atoms with E-state index in [1.165, 1.54) is 0 Å². The summed E-state index contributed by atoms with van der Waals surface area (Å²) in [6.45, 7) is 4.83. The van der Waals surface area contributed by atoms with Crippen molar-refractivity contribution in [1.82, 2.24) is 20.3 Å². The molecule has 2 rings (SSSR count). The highest BCUT2D eigenvalue weighted by Crippen LogP contribution is 2.14. The Morgan fingerprint density at radius 1 is 1.63 bits per heavy atom. The molecule has 1 N–H and O–H groups in total. The van der Waals surface area contributed by atoms with E-state index in [1.807, 2.05) is 11.6 Å². The van der Waals surface area contributed by atoms with Crippen LogP contribution in [0, 0.1) is 12.8 Å². The van der Waals surface area contributed by atoms with Crippen molar-refractivity contribution < 1.29 is 14.3 Å². The second-order valence-electron chi connectivity index (χ2n) is 4.73. The molecule has 0 saturated heterocycles. The molecule has 7 nitrogen and oxygen atoms in total. The van der Waals surface area contributed by atoms with Gasteiger partial charge in [0.25, 0.3) is 0 Å². The van der Waals surface area contributed by atoms with Crippen LogP contribution in [0.15, 0.2) is 0 Å². The second kappa shape index (κ2) is 6.63. The molecule has 2 heterocycles. The summed E-state index contributed by atoms with van der Waals surface area (Å²) >= 11 is 0. The van der Waals surface area contributed by atoms with Gasteiger partial charge in [0, 0.05) is 32.5 Å². The van der Waals surface area contributed by atoms with Gasteiger partial charge in [-0.25, -0.2) is 4.68 Å². The Labute approximate surface area is 112 Å². The second-order valence-corrected chi connectivity index (χ2v) is 4.73. The summed E-state index contributed by atoms with van der Waals surface area (Å²) in [6, 6.07) is 0. The lowest BCUT2D eigenvalue weighted by atomic mass is 10.1. The monoisotopic (exact) mass is 268 g/mol. The third-order valence-corrected chi connectivity index (χ3v) is 3.18. The topological polar surface area (TPSA) is 78.3 Å². The van der Waals surface area contributed by atoms with E-state index in [0.29, 0.717) is 32.8 Å². The van der Waals surface area contributed by atoms with Crippen molar-refractivity contribution in [2.75, 3.05) is 26.9 Å². The molecular weight excluding hydrogens is 248 g/mol. The van der Waals surface area contributed by atoms with Gasteiger partial charge >= 0.3 is 0 Å². The first-order valence-electron chi connectivity index (χ1n) is 6.43. The number of hydrogen-bond acceptors (Lipinski definition) is 5. The molecule has 1 aromatic rings. The van der Waals surface area contributed by atoms with Crippen LogP contribution < -0.4 is 5.32 Å². The number of carbonyl (C=O) groups excluding carboxylic acids is 1. The quantitative estimate of drug-likeness (QED) is 0.806. The van der Waals surface area contributed by atoms with E-state index in [9.17, 15) is 4.79 Å². The highest BCUT2D eigenvalue weighted by atomic mass is 16.5. The maximum Gasteiger partial charge on any atom is 0.222 e. The third-order valence-electron chi connectivity index (χ3n) is 3.18. The number of aromatic nitrogens is 3. The van der Waals surface area contributed by atoms with Crippen LogP contribution in [0.25, 0.3) is 0 Å². The first kappa shape index (κ1) is 14.0. The number of amides is 1. The smallest absolute Gasteiger partial charge is 0.222 e. The van der Waals surface area contributed by atoms with Crippen LogP contribution in [0.4, 0.5) is 0 Å². The van der Waals surface area contributed by atoms with E-state index in [-0.39, 0.29) is 11.8 Å². The number of nitrogens with one attached hydrogen (secondary N) is 1. The van der Waals surface area contributed by atoms with E-state index in [0.717, 1.165) is 17.9 Å². The number of hydrogen-bond donors (Lipinski definition) is 1. The predicted molar refractivity (Wildman–Crippen MR) is 67.4 cm³/mol. The Morgan fingerprint density at radius 2 is 2.47 bits per heavy atom. The van der Waals surface area contributed by atoms with Crippen LogP contribution in [0.1, 0.15) is 17.8 Å². The Bertz CT molecular complexity index is 433. The molecule has 1 amide bonds. The van der Waals surface area contributed by atoms with Gasteiger partial charge in [-0.05, 0) is 6.92 Å². The fourth-order valence-electron chi connectivity index (χ4n) is 2.03. The molecule has 7 heteroatoms. The van der Waals surface area contributed by atoms with Crippen molar-refractivity contribution in [3.05, 3.63) is 11.4 Å². The summed E-state index contributed by atoms with van der Waals surface area (Å²) in [4.78, 5) is 11.5. The summed E-state index contributed by atoms with van der Waals surface area (Å²) in [6.07, 6.45) is 0.387. The Balaban J connectivity index is 1.84. The molecule has 0 aliphatic carbocycles. The van der Waals surface area contributed by atoms with Gasteiger partial charge in [0.15, 0.2) is 0 Å². The van der Waals surface area contributed by atoms with Crippen molar-refractivity contribution >= 4 is 5.91 Å². The molecule has 0 fully saturated rings. The molecule has 1 aromatic heterocycles. The predicted octanol–water partition coefficient (Wildman–Crippen LogP) is -0.114. The molecule has 0 spiro atoms. The number of nitrogens with zero attached hydrogens (tertiary/aromatic N) is 3. The van der Waals surface area contributed by atoms with Crippen LogP contribution >= 0.6 is 0 Å². The minimum atomic E-state index is 0.00101. The molecular formula is C12H20N4O3. The van der Waals surface area contributed by atoms with Crippen LogP contribution in [0.5, 0.6) is 0 Å². The van der Waals surface area contributed by atoms with Gasteiger partial charge in [-0.2, -0.15) is 0 Å². The molecule has 106 valence electrons. The zero-order chi connectivity index (χ0) is 13.7. The lowest BCUT2D eigenvalue weighted by molar-refractivity contribution is -0.122. The first-order valence-corrected chi connectivity index (χ1v) is 6.43. The SMILES string of the molecule is COCCC(=O)NCC1COCc2c(C)nnn2C1. The maximum atomic E-state index is 11.5. The van der Waals surface area contributed by atoms with Crippen molar-refractivity contribution in [3.8, 4) is 0 Å². The van der Waals surface area contributed by atoms with Crippen LogP contribution in [-0.2, 0) is 27.4 Å². The molecule has 0 saturated carbocycles.